The van der Waals surface area contributed by atoms with Crippen molar-refractivity contribution in [2.24, 2.45) is 0 Å². The molecule has 8 nitrogen and oxygen atoms in total. The van der Waals surface area contributed by atoms with Crippen LogP contribution in [0.2, 0.25) is 0 Å². The lowest BCUT2D eigenvalue weighted by Crippen LogP contribution is -2.21. The molecule has 1 aromatic carbocycles. The smallest absolute Gasteiger partial charge is 0.177 e. The highest BCUT2D eigenvalue weighted by Crippen LogP contribution is 2.40. The summed E-state index contributed by atoms with van der Waals surface area (Å²) in [5.41, 5.74) is 11.5. The normalized spacial score (nSPS) is 19.2. The average Bonchev–Trinajstić information content (AvgIpc) is 3.53. The molecule has 0 saturated heterocycles. The molecule has 1 fully saturated rings. The minimum atomic E-state index is -0.187. The number of furan rings is 1. The van der Waals surface area contributed by atoms with E-state index in [9.17, 15) is 5.11 Å². The summed E-state index contributed by atoms with van der Waals surface area (Å²) in [6, 6.07) is 6.43. The predicted octanol–water partition coefficient (Wildman–Crippen LogP) is 4.73. The average molecular weight is 447 g/mol. The van der Waals surface area contributed by atoms with Crippen molar-refractivity contribution in [2.45, 2.75) is 44.8 Å². The van der Waals surface area contributed by atoms with Crippen LogP contribution in [0.3, 0.4) is 0 Å². The SMILES string of the molecule is Cc1cc(-c2cc3c(-c4cnn([C@H]5CC[C@H](O)CC5)c4)cnc(N)c3o2)c2snnc2c1. The van der Waals surface area contributed by atoms with E-state index < -0.39 is 0 Å². The first-order chi connectivity index (χ1) is 15.6. The number of pyridine rings is 1. The first-order valence-corrected chi connectivity index (χ1v) is 11.5. The highest BCUT2D eigenvalue weighted by atomic mass is 32.1. The second-order valence-corrected chi connectivity index (χ2v) is 9.27. The standard InChI is InChI=1S/C23H22N6O2S/c1-12-6-17(22-19(7-12)27-28-32-22)20-8-16-18(10-25-23(24)21(16)31-20)13-9-26-29(11-13)14-2-4-15(30)5-3-14/h6-11,14-15,30H,2-5H2,1H3,(H2,24,25)/t14-,15-. The highest BCUT2D eigenvalue weighted by molar-refractivity contribution is 7.13. The third-order valence-electron chi connectivity index (χ3n) is 6.30. The number of hydrogen-bond acceptors (Lipinski definition) is 8. The lowest BCUT2D eigenvalue weighted by molar-refractivity contribution is 0.108. The minimum absolute atomic E-state index is 0.187. The van der Waals surface area contributed by atoms with Gasteiger partial charge in [-0.15, -0.1) is 5.10 Å². The maximum atomic E-state index is 9.80. The molecule has 1 aliphatic rings. The number of nitrogens with two attached hydrogens (primary N) is 1. The second-order valence-electron chi connectivity index (χ2n) is 8.52. The number of nitrogens with zero attached hydrogens (tertiary/aromatic N) is 5. The molecule has 1 aliphatic carbocycles. The van der Waals surface area contributed by atoms with E-state index in [1.54, 1.807) is 6.20 Å². The quantitative estimate of drug-likeness (QED) is 0.411. The number of aryl methyl sites for hydroxylation is 1. The number of aromatic nitrogens is 5. The molecular formula is C23H22N6O2S. The molecular weight excluding hydrogens is 424 g/mol. The Morgan fingerprint density at radius 1 is 1.12 bits per heavy atom. The lowest BCUT2D eigenvalue weighted by atomic mass is 9.93. The zero-order valence-corrected chi connectivity index (χ0v) is 18.3. The van der Waals surface area contributed by atoms with E-state index in [0.29, 0.717) is 23.2 Å². The number of fused-ring (bicyclic) bond motifs is 2. The summed E-state index contributed by atoms with van der Waals surface area (Å²) >= 11 is 1.35. The van der Waals surface area contributed by atoms with Gasteiger partial charge >= 0.3 is 0 Å². The first kappa shape index (κ1) is 19.4. The summed E-state index contributed by atoms with van der Waals surface area (Å²) in [7, 11) is 0. The fraction of sp³-hybridized carbons (Fsp3) is 0.304. The van der Waals surface area contributed by atoms with Gasteiger partial charge in [-0.2, -0.15) is 5.10 Å². The van der Waals surface area contributed by atoms with Crippen LogP contribution in [0.5, 0.6) is 0 Å². The molecule has 9 heteroatoms. The van der Waals surface area contributed by atoms with Gasteiger partial charge in [0.2, 0.25) is 0 Å². The molecule has 4 heterocycles. The van der Waals surface area contributed by atoms with E-state index >= 15 is 0 Å². The number of nitrogen functional groups attached to an aromatic ring is 1. The first-order valence-electron chi connectivity index (χ1n) is 10.7. The van der Waals surface area contributed by atoms with Gasteiger partial charge in [0.15, 0.2) is 11.4 Å². The number of anilines is 1. The van der Waals surface area contributed by atoms with Gasteiger partial charge in [0.25, 0.3) is 0 Å². The molecule has 32 heavy (non-hydrogen) atoms. The summed E-state index contributed by atoms with van der Waals surface area (Å²) in [5.74, 6) is 1.07. The monoisotopic (exact) mass is 446 g/mol. The topological polar surface area (TPSA) is 116 Å². The predicted molar refractivity (Wildman–Crippen MR) is 124 cm³/mol. The number of rotatable bonds is 3. The van der Waals surface area contributed by atoms with Gasteiger partial charge in [0.1, 0.15) is 11.3 Å². The molecule has 4 aromatic heterocycles. The number of aliphatic hydroxyl groups is 1. The molecule has 162 valence electrons. The summed E-state index contributed by atoms with van der Waals surface area (Å²) in [6.07, 6.45) is 9.00. The molecule has 3 N–H and O–H groups in total. The van der Waals surface area contributed by atoms with Crippen LogP contribution >= 0.6 is 11.5 Å². The molecule has 5 aromatic rings. The van der Waals surface area contributed by atoms with Gasteiger partial charge in [-0.25, -0.2) is 4.98 Å². The van der Waals surface area contributed by atoms with Crippen molar-refractivity contribution >= 4 is 38.5 Å². The number of aliphatic hydroxyl groups excluding tert-OH is 1. The lowest BCUT2D eigenvalue weighted by Gasteiger charge is -2.25. The van der Waals surface area contributed by atoms with Gasteiger partial charge in [-0.3, -0.25) is 4.68 Å². The summed E-state index contributed by atoms with van der Waals surface area (Å²) in [6.45, 7) is 2.03. The van der Waals surface area contributed by atoms with E-state index in [1.807, 2.05) is 29.9 Å². The maximum Gasteiger partial charge on any atom is 0.177 e. The summed E-state index contributed by atoms with van der Waals surface area (Å²) in [5, 5.41) is 19.5. The van der Waals surface area contributed by atoms with Gasteiger partial charge in [0, 0.05) is 34.5 Å². The van der Waals surface area contributed by atoms with Crippen molar-refractivity contribution in [1.29, 1.82) is 0 Å². The van der Waals surface area contributed by atoms with Crippen LogP contribution < -0.4 is 5.73 Å². The van der Waals surface area contributed by atoms with E-state index in [0.717, 1.165) is 63.5 Å². The van der Waals surface area contributed by atoms with Gasteiger partial charge < -0.3 is 15.3 Å². The van der Waals surface area contributed by atoms with Crippen molar-refractivity contribution in [2.75, 3.05) is 5.73 Å². The molecule has 0 bridgehead atoms. The molecule has 0 amide bonds. The molecule has 0 atom stereocenters. The Kier molecular flexibility index (Phi) is 4.48. The number of benzene rings is 1. The third kappa shape index (κ3) is 3.16. The van der Waals surface area contributed by atoms with E-state index in [-0.39, 0.29) is 6.10 Å². The fourth-order valence-corrected chi connectivity index (χ4v) is 5.28. The van der Waals surface area contributed by atoms with E-state index in [4.69, 9.17) is 10.2 Å². The molecule has 0 aliphatic heterocycles. The van der Waals surface area contributed by atoms with E-state index in [2.05, 4.69) is 31.9 Å². The molecule has 0 unspecified atom stereocenters. The van der Waals surface area contributed by atoms with Crippen molar-refractivity contribution in [3.63, 3.8) is 0 Å². The van der Waals surface area contributed by atoms with Gasteiger partial charge in [0.05, 0.1) is 23.0 Å². The Hall–Kier alpha value is -3.30. The minimum Gasteiger partial charge on any atom is -0.452 e. The van der Waals surface area contributed by atoms with Gasteiger partial charge in [-0.1, -0.05) is 4.49 Å². The Morgan fingerprint density at radius 3 is 2.81 bits per heavy atom. The van der Waals surface area contributed by atoms with Crippen molar-refractivity contribution < 1.29 is 9.52 Å². The van der Waals surface area contributed by atoms with Crippen LogP contribution in [0, 0.1) is 6.92 Å². The Bertz CT molecular complexity index is 1440. The largest absolute Gasteiger partial charge is 0.452 e. The Balaban J connectivity index is 1.45. The zero-order valence-electron chi connectivity index (χ0n) is 17.5. The summed E-state index contributed by atoms with van der Waals surface area (Å²) in [4.78, 5) is 4.38. The van der Waals surface area contributed by atoms with Crippen molar-refractivity contribution in [3.8, 4) is 22.5 Å². The second kappa shape index (κ2) is 7.39. The zero-order chi connectivity index (χ0) is 21.8. The highest BCUT2D eigenvalue weighted by Gasteiger charge is 2.23. The third-order valence-corrected chi connectivity index (χ3v) is 7.08. The number of hydrogen-bond donors (Lipinski definition) is 2. The van der Waals surface area contributed by atoms with Gasteiger partial charge in [-0.05, 0) is 67.9 Å². The Labute approximate surface area is 187 Å². The molecule has 1 saturated carbocycles. The fourth-order valence-electron chi connectivity index (χ4n) is 4.62. The van der Waals surface area contributed by atoms with E-state index in [1.165, 1.54) is 11.5 Å². The van der Waals surface area contributed by atoms with Crippen LogP contribution in [0.4, 0.5) is 5.82 Å². The molecule has 0 spiro atoms. The molecule has 0 radical (unpaired) electrons. The van der Waals surface area contributed by atoms with Crippen molar-refractivity contribution in [3.05, 3.63) is 42.4 Å². The Morgan fingerprint density at radius 2 is 1.97 bits per heavy atom. The summed E-state index contributed by atoms with van der Waals surface area (Å²) < 4.78 is 13.3. The van der Waals surface area contributed by atoms with Crippen LogP contribution in [-0.2, 0) is 0 Å². The van der Waals surface area contributed by atoms with Crippen molar-refractivity contribution in [1.82, 2.24) is 24.4 Å². The van der Waals surface area contributed by atoms with Crippen LogP contribution in [0.25, 0.3) is 43.6 Å². The van der Waals surface area contributed by atoms with Crippen LogP contribution in [0.1, 0.15) is 37.3 Å². The maximum absolute atomic E-state index is 9.80. The molecule has 6 rings (SSSR count). The van der Waals surface area contributed by atoms with Crippen LogP contribution in [0.15, 0.2) is 41.2 Å². The van der Waals surface area contributed by atoms with Crippen LogP contribution in [-0.4, -0.2) is 35.6 Å².